The second-order valence-corrected chi connectivity index (χ2v) is 7.09. The lowest BCUT2D eigenvalue weighted by Gasteiger charge is -2.27. The molecular weight excluding hydrogens is 419 g/mol. The summed E-state index contributed by atoms with van der Waals surface area (Å²) < 4.78 is 30.9. The number of nitrogens with one attached hydrogen (secondary N) is 1. The van der Waals surface area contributed by atoms with Crippen molar-refractivity contribution < 1.29 is 27.9 Å². The molecule has 0 aliphatic carbocycles. The molecule has 168 valence electrons. The maximum atomic E-state index is 13.0. The Morgan fingerprint density at radius 2 is 1.91 bits per heavy atom. The number of morpholine rings is 1. The molecule has 2 amide bonds. The van der Waals surface area contributed by atoms with Crippen LogP contribution >= 0.6 is 0 Å². The van der Waals surface area contributed by atoms with Gasteiger partial charge in [-0.15, -0.1) is 0 Å². The number of carbonyl (C=O) groups excluding carboxylic acids is 2. The second kappa shape index (κ2) is 9.65. The minimum absolute atomic E-state index is 0.0664. The van der Waals surface area contributed by atoms with Crippen LogP contribution < -0.4 is 10.1 Å². The van der Waals surface area contributed by atoms with Crippen molar-refractivity contribution in [3.8, 4) is 5.75 Å². The number of aryl methyl sites for hydroxylation is 1. The van der Waals surface area contributed by atoms with Crippen molar-refractivity contribution in [2.24, 2.45) is 0 Å². The quantitative estimate of drug-likeness (QED) is 0.604. The van der Waals surface area contributed by atoms with Gasteiger partial charge >= 0.3 is 0 Å². The molecule has 1 fully saturated rings. The van der Waals surface area contributed by atoms with Crippen LogP contribution in [0.2, 0.25) is 0 Å². The maximum absolute atomic E-state index is 13.0. The first-order valence-electron chi connectivity index (χ1n) is 10.3. The minimum atomic E-state index is -0.510. The lowest BCUT2D eigenvalue weighted by Crippen LogP contribution is -2.41. The predicted molar refractivity (Wildman–Crippen MR) is 112 cm³/mol. The fourth-order valence-electron chi connectivity index (χ4n) is 3.31. The van der Waals surface area contributed by atoms with E-state index in [4.69, 9.17) is 13.9 Å². The molecule has 3 heterocycles. The Kier molecular flexibility index (Phi) is 6.50. The number of furan rings is 1. The number of hydrogen-bond acceptors (Lipinski definition) is 6. The van der Waals surface area contributed by atoms with Crippen LogP contribution in [0.4, 0.5) is 10.1 Å². The number of rotatable bonds is 7. The minimum Gasteiger partial charge on any atom is -0.486 e. The summed E-state index contributed by atoms with van der Waals surface area (Å²) in [4.78, 5) is 27.4. The molecule has 1 aliphatic rings. The van der Waals surface area contributed by atoms with Crippen molar-refractivity contribution in [1.29, 1.82) is 0 Å². The van der Waals surface area contributed by atoms with Crippen molar-refractivity contribution in [3.63, 3.8) is 0 Å². The van der Waals surface area contributed by atoms with Crippen LogP contribution in [0.25, 0.3) is 0 Å². The van der Waals surface area contributed by atoms with E-state index < -0.39 is 5.91 Å². The summed E-state index contributed by atoms with van der Waals surface area (Å²) >= 11 is 0. The van der Waals surface area contributed by atoms with E-state index in [1.54, 1.807) is 15.6 Å². The second-order valence-electron chi connectivity index (χ2n) is 7.09. The normalized spacial score (nSPS) is 13.8. The van der Waals surface area contributed by atoms with Gasteiger partial charge in [-0.2, -0.15) is 5.10 Å². The van der Waals surface area contributed by atoms with Gasteiger partial charge in [0.25, 0.3) is 11.8 Å². The lowest BCUT2D eigenvalue weighted by atomic mass is 10.2. The SMILES string of the molecule is CCn1ncc(NC(=O)c2ccc(COc3ccc(F)cc3)o2)c1C(=O)N1CCOCC1. The third-order valence-electron chi connectivity index (χ3n) is 4.97. The molecule has 1 aromatic carbocycles. The van der Waals surface area contributed by atoms with Crippen LogP contribution in [-0.4, -0.2) is 52.8 Å². The van der Waals surface area contributed by atoms with Gasteiger partial charge < -0.3 is 24.1 Å². The van der Waals surface area contributed by atoms with E-state index in [0.717, 1.165) is 0 Å². The Balaban J connectivity index is 1.43. The summed E-state index contributed by atoms with van der Waals surface area (Å²) in [5, 5.41) is 6.94. The van der Waals surface area contributed by atoms with E-state index in [0.29, 0.717) is 55.7 Å². The van der Waals surface area contributed by atoms with Crippen LogP contribution in [0, 0.1) is 5.82 Å². The van der Waals surface area contributed by atoms with Crippen molar-refractivity contribution >= 4 is 17.5 Å². The van der Waals surface area contributed by atoms with Crippen molar-refractivity contribution in [3.05, 3.63) is 65.6 Å². The van der Waals surface area contributed by atoms with Gasteiger partial charge in [-0.25, -0.2) is 4.39 Å². The van der Waals surface area contributed by atoms with Gasteiger partial charge in [0.05, 0.1) is 25.1 Å². The molecule has 2 aromatic heterocycles. The van der Waals surface area contributed by atoms with Gasteiger partial charge in [0.1, 0.15) is 29.6 Å². The number of amides is 2. The molecule has 0 radical (unpaired) electrons. The largest absolute Gasteiger partial charge is 0.486 e. The Morgan fingerprint density at radius 3 is 2.62 bits per heavy atom. The molecule has 9 nitrogen and oxygen atoms in total. The molecule has 1 saturated heterocycles. The standard InChI is InChI=1S/C22H23FN4O5/c1-2-27-20(22(29)26-9-11-30-12-10-26)18(13-24-27)25-21(28)19-8-7-17(32-19)14-31-16-5-3-15(23)4-6-16/h3-8,13H,2,9-12,14H2,1H3,(H,25,28). The van der Waals surface area contributed by atoms with E-state index in [2.05, 4.69) is 10.4 Å². The number of hydrogen-bond donors (Lipinski definition) is 1. The summed E-state index contributed by atoms with van der Waals surface area (Å²) in [7, 11) is 0. The van der Waals surface area contributed by atoms with Gasteiger partial charge in [0.15, 0.2) is 5.76 Å². The molecule has 10 heteroatoms. The first kappa shape index (κ1) is 21.6. The fourth-order valence-corrected chi connectivity index (χ4v) is 3.31. The van der Waals surface area contributed by atoms with Gasteiger partial charge in [-0.1, -0.05) is 0 Å². The lowest BCUT2D eigenvalue weighted by molar-refractivity contribution is 0.0295. The Morgan fingerprint density at radius 1 is 1.16 bits per heavy atom. The molecule has 32 heavy (non-hydrogen) atoms. The van der Waals surface area contributed by atoms with Crippen molar-refractivity contribution in [2.75, 3.05) is 31.6 Å². The zero-order valence-corrected chi connectivity index (χ0v) is 17.5. The first-order chi connectivity index (χ1) is 15.5. The van der Waals surface area contributed by atoms with E-state index in [1.165, 1.54) is 36.5 Å². The molecule has 0 saturated carbocycles. The third-order valence-corrected chi connectivity index (χ3v) is 4.97. The molecule has 0 bridgehead atoms. The highest BCUT2D eigenvalue weighted by Gasteiger charge is 2.26. The van der Waals surface area contributed by atoms with Crippen LogP contribution in [0.1, 0.15) is 33.7 Å². The highest BCUT2D eigenvalue weighted by molar-refractivity contribution is 6.07. The monoisotopic (exact) mass is 442 g/mol. The van der Waals surface area contributed by atoms with E-state index in [1.807, 2.05) is 6.92 Å². The molecular formula is C22H23FN4O5. The van der Waals surface area contributed by atoms with Gasteiger partial charge in [0.2, 0.25) is 0 Å². The van der Waals surface area contributed by atoms with Gasteiger partial charge in [0, 0.05) is 19.6 Å². The molecule has 1 aliphatic heterocycles. The molecule has 0 atom stereocenters. The van der Waals surface area contributed by atoms with Gasteiger partial charge in [-0.05, 0) is 43.3 Å². The summed E-state index contributed by atoms with van der Waals surface area (Å²) in [6, 6.07) is 8.74. The number of nitrogens with zero attached hydrogens (tertiary/aromatic N) is 3. The number of benzene rings is 1. The number of carbonyl (C=O) groups is 2. The third kappa shape index (κ3) is 4.80. The Hall–Kier alpha value is -3.66. The maximum Gasteiger partial charge on any atom is 0.291 e. The number of anilines is 1. The summed E-state index contributed by atoms with van der Waals surface area (Å²) in [6.07, 6.45) is 1.45. The van der Waals surface area contributed by atoms with Crippen molar-refractivity contribution in [2.45, 2.75) is 20.1 Å². The zero-order valence-electron chi connectivity index (χ0n) is 17.5. The van der Waals surface area contributed by atoms with E-state index >= 15 is 0 Å². The molecule has 0 spiro atoms. The highest BCUT2D eigenvalue weighted by Crippen LogP contribution is 2.21. The summed E-state index contributed by atoms with van der Waals surface area (Å²) in [6.45, 7) is 4.34. The number of ether oxygens (including phenoxy) is 2. The highest BCUT2D eigenvalue weighted by atomic mass is 19.1. The summed E-state index contributed by atoms with van der Waals surface area (Å²) in [5.41, 5.74) is 0.628. The fraction of sp³-hybridized carbons (Fsp3) is 0.318. The number of aromatic nitrogens is 2. The molecule has 0 unspecified atom stereocenters. The van der Waals surface area contributed by atoms with Crippen molar-refractivity contribution in [1.82, 2.24) is 14.7 Å². The topological polar surface area (TPSA) is 98.8 Å². The predicted octanol–water partition coefficient (Wildman–Crippen LogP) is 2.94. The van der Waals surface area contributed by atoms with E-state index in [9.17, 15) is 14.0 Å². The molecule has 3 aromatic rings. The average Bonchev–Trinajstić information content (AvgIpc) is 3.46. The summed E-state index contributed by atoms with van der Waals surface area (Å²) in [5.74, 6) is -0.107. The van der Waals surface area contributed by atoms with Crippen LogP contribution in [0.3, 0.4) is 0 Å². The smallest absolute Gasteiger partial charge is 0.291 e. The first-order valence-corrected chi connectivity index (χ1v) is 10.3. The zero-order chi connectivity index (χ0) is 22.5. The average molecular weight is 442 g/mol. The van der Waals surface area contributed by atoms with Crippen LogP contribution in [0.15, 0.2) is 47.0 Å². The van der Waals surface area contributed by atoms with E-state index in [-0.39, 0.29) is 24.1 Å². The van der Waals surface area contributed by atoms with Crippen LogP contribution in [-0.2, 0) is 17.9 Å². The molecule has 1 N–H and O–H groups in total. The Labute approximate surface area is 183 Å². The van der Waals surface area contributed by atoms with Gasteiger partial charge in [-0.3, -0.25) is 14.3 Å². The van der Waals surface area contributed by atoms with Crippen LogP contribution in [0.5, 0.6) is 5.75 Å². The Bertz CT molecular complexity index is 1090. The number of halogens is 1. The molecule has 4 rings (SSSR count).